The smallest absolute Gasteiger partial charge is 0.339 e. The number of aromatic amines is 1. The third-order valence-electron chi connectivity index (χ3n) is 5.84. The molecule has 0 atom stereocenters. The molecule has 0 saturated carbocycles. The van der Waals surface area contributed by atoms with Crippen LogP contribution in [0.5, 0.6) is 0 Å². The molecule has 1 aliphatic rings. The second kappa shape index (κ2) is 7.91. The molecule has 2 aromatic heterocycles. The summed E-state index contributed by atoms with van der Waals surface area (Å²) in [5.41, 5.74) is 0.544. The molecule has 3 heterocycles. The minimum absolute atomic E-state index is 0.0921. The SMILES string of the molecule is O=C(c1ccc2ccccc2c1)N1CCC(Cc2n[nH]c(=O)n2-c2cccs2)CC1. The van der Waals surface area contributed by atoms with Gasteiger partial charge >= 0.3 is 5.69 Å². The topological polar surface area (TPSA) is 71.0 Å². The number of rotatable bonds is 4. The lowest BCUT2D eigenvalue weighted by atomic mass is 9.92. The normalized spacial score (nSPS) is 15.0. The Kier molecular flexibility index (Phi) is 4.96. The van der Waals surface area contributed by atoms with Crippen LogP contribution in [0.3, 0.4) is 0 Å². The van der Waals surface area contributed by atoms with Crippen molar-refractivity contribution >= 4 is 28.0 Å². The summed E-state index contributed by atoms with van der Waals surface area (Å²) in [6.07, 6.45) is 2.55. The van der Waals surface area contributed by atoms with Gasteiger partial charge in [0.25, 0.3) is 5.91 Å². The second-order valence-electron chi connectivity index (χ2n) is 7.73. The lowest BCUT2D eigenvalue weighted by Crippen LogP contribution is -2.39. The van der Waals surface area contributed by atoms with Gasteiger partial charge in [0.1, 0.15) is 10.8 Å². The van der Waals surface area contributed by atoms with E-state index in [4.69, 9.17) is 0 Å². The van der Waals surface area contributed by atoms with Gasteiger partial charge in [-0.25, -0.2) is 14.5 Å². The molecule has 6 nitrogen and oxygen atoms in total. The molecular formula is C23H22N4O2S. The summed E-state index contributed by atoms with van der Waals surface area (Å²) in [5, 5.41) is 11.9. The van der Waals surface area contributed by atoms with Crippen LogP contribution in [-0.2, 0) is 6.42 Å². The average molecular weight is 419 g/mol. The van der Waals surface area contributed by atoms with Crippen LogP contribution in [0.4, 0.5) is 0 Å². The van der Waals surface area contributed by atoms with Crippen molar-refractivity contribution in [3.05, 3.63) is 81.8 Å². The molecule has 0 radical (unpaired) electrons. The van der Waals surface area contributed by atoms with Crippen molar-refractivity contribution < 1.29 is 4.79 Å². The second-order valence-corrected chi connectivity index (χ2v) is 8.66. The van der Waals surface area contributed by atoms with Crippen LogP contribution in [0.1, 0.15) is 29.0 Å². The van der Waals surface area contributed by atoms with Gasteiger partial charge in [-0.1, -0.05) is 30.3 Å². The van der Waals surface area contributed by atoms with Crippen LogP contribution in [0.25, 0.3) is 15.8 Å². The van der Waals surface area contributed by atoms with E-state index in [1.165, 1.54) is 11.3 Å². The maximum atomic E-state index is 13.0. The van der Waals surface area contributed by atoms with Crippen molar-refractivity contribution in [3.63, 3.8) is 0 Å². The number of nitrogens with zero attached hydrogens (tertiary/aromatic N) is 3. The van der Waals surface area contributed by atoms with Crippen LogP contribution in [0.15, 0.2) is 64.8 Å². The number of likely N-dealkylation sites (tertiary alicyclic amines) is 1. The van der Waals surface area contributed by atoms with Gasteiger partial charge in [0, 0.05) is 25.1 Å². The van der Waals surface area contributed by atoms with Gasteiger partial charge in [-0.3, -0.25) is 4.79 Å². The van der Waals surface area contributed by atoms with Crippen LogP contribution in [-0.4, -0.2) is 38.7 Å². The van der Waals surface area contributed by atoms with Crippen LogP contribution in [0.2, 0.25) is 0 Å². The molecular weight excluding hydrogens is 396 g/mol. The van der Waals surface area contributed by atoms with E-state index in [0.29, 0.717) is 5.92 Å². The first-order valence-corrected chi connectivity index (χ1v) is 11.1. The third-order valence-corrected chi connectivity index (χ3v) is 6.69. The van der Waals surface area contributed by atoms with Gasteiger partial charge in [-0.2, -0.15) is 5.10 Å². The van der Waals surface area contributed by atoms with Crippen molar-refractivity contribution in [2.75, 3.05) is 13.1 Å². The van der Waals surface area contributed by atoms with Gasteiger partial charge in [0.2, 0.25) is 0 Å². The molecule has 2 aromatic carbocycles. The van der Waals surface area contributed by atoms with E-state index in [0.717, 1.165) is 59.5 Å². The van der Waals surface area contributed by atoms with E-state index in [9.17, 15) is 9.59 Å². The molecule has 1 amide bonds. The molecule has 0 bridgehead atoms. The molecule has 1 fully saturated rings. The fourth-order valence-electron chi connectivity index (χ4n) is 4.19. The van der Waals surface area contributed by atoms with Gasteiger partial charge in [-0.05, 0) is 59.2 Å². The maximum Gasteiger partial charge on any atom is 0.348 e. The van der Waals surface area contributed by atoms with Crippen molar-refractivity contribution in [2.45, 2.75) is 19.3 Å². The Morgan fingerprint density at radius 3 is 2.63 bits per heavy atom. The minimum Gasteiger partial charge on any atom is -0.339 e. The lowest BCUT2D eigenvalue weighted by Gasteiger charge is -2.32. The maximum absolute atomic E-state index is 13.0. The number of piperidine rings is 1. The summed E-state index contributed by atoms with van der Waals surface area (Å²) in [5.74, 6) is 1.26. The van der Waals surface area contributed by atoms with E-state index < -0.39 is 0 Å². The number of H-pyrrole nitrogens is 1. The standard InChI is InChI=1S/C23H22N4O2S/c28-22(19-8-7-17-4-1-2-5-18(17)15-19)26-11-9-16(10-12-26)14-20-24-25-23(29)27(20)21-6-3-13-30-21/h1-8,13,15-16H,9-12,14H2,(H,25,29). The molecule has 7 heteroatoms. The fourth-order valence-corrected chi connectivity index (χ4v) is 4.94. The number of hydrogen-bond donors (Lipinski definition) is 1. The Morgan fingerprint density at radius 2 is 1.87 bits per heavy atom. The molecule has 30 heavy (non-hydrogen) atoms. The van der Waals surface area contributed by atoms with Crippen LogP contribution < -0.4 is 5.69 Å². The summed E-state index contributed by atoms with van der Waals surface area (Å²) >= 11 is 1.52. The number of aromatic nitrogens is 3. The van der Waals surface area contributed by atoms with E-state index in [-0.39, 0.29) is 11.6 Å². The van der Waals surface area contributed by atoms with Gasteiger partial charge in [-0.15, -0.1) is 11.3 Å². The molecule has 0 unspecified atom stereocenters. The summed E-state index contributed by atoms with van der Waals surface area (Å²) in [6.45, 7) is 1.45. The summed E-state index contributed by atoms with van der Waals surface area (Å²) in [4.78, 5) is 27.1. The lowest BCUT2D eigenvalue weighted by molar-refractivity contribution is 0.0690. The Balaban J connectivity index is 1.25. The predicted molar refractivity (Wildman–Crippen MR) is 118 cm³/mol. The molecule has 152 valence electrons. The molecule has 1 saturated heterocycles. The van der Waals surface area contributed by atoms with Gasteiger partial charge < -0.3 is 4.90 Å². The molecule has 0 aliphatic carbocycles. The van der Waals surface area contributed by atoms with E-state index in [2.05, 4.69) is 16.3 Å². The molecule has 4 aromatic rings. The molecule has 1 N–H and O–H groups in total. The highest BCUT2D eigenvalue weighted by molar-refractivity contribution is 7.12. The highest BCUT2D eigenvalue weighted by Gasteiger charge is 2.25. The third kappa shape index (κ3) is 3.57. The molecule has 0 spiro atoms. The van der Waals surface area contributed by atoms with Crippen molar-refractivity contribution in [2.24, 2.45) is 5.92 Å². The van der Waals surface area contributed by atoms with Crippen molar-refractivity contribution in [1.82, 2.24) is 19.7 Å². The molecule has 5 rings (SSSR count). The number of carbonyl (C=O) groups excluding carboxylic acids is 1. The summed E-state index contributed by atoms with van der Waals surface area (Å²) < 4.78 is 1.66. The first kappa shape index (κ1) is 18.8. The van der Waals surface area contributed by atoms with E-state index >= 15 is 0 Å². The van der Waals surface area contributed by atoms with Gasteiger partial charge in [0.05, 0.1) is 0 Å². The number of nitrogens with one attached hydrogen (secondary N) is 1. The number of thiophene rings is 1. The fraction of sp³-hybridized carbons (Fsp3) is 0.261. The Hall–Kier alpha value is -3.19. The highest BCUT2D eigenvalue weighted by atomic mass is 32.1. The molecule has 1 aliphatic heterocycles. The average Bonchev–Trinajstić information content (AvgIpc) is 3.43. The predicted octanol–water partition coefficient (Wildman–Crippen LogP) is 3.87. The highest BCUT2D eigenvalue weighted by Crippen LogP contribution is 2.24. The zero-order valence-corrected chi connectivity index (χ0v) is 17.3. The van der Waals surface area contributed by atoms with Crippen LogP contribution in [0, 0.1) is 5.92 Å². The first-order valence-electron chi connectivity index (χ1n) is 10.2. The Morgan fingerprint density at radius 1 is 1.07 bits per heavy atom. The Bertz CT molecular complexity index is 1230. The summed E-state index contributed by atoms with van der Waals surface area (Å²) in [7, 11) is 0. The number of hydrogen-bond acceptors (Lipinski definition) is 4. The largest absolute Gasteiger partial charge is 0.348 e. The number of carbonyl (C=O) groups is 1. The van der Waals surface area contributed by atoms with Gasteiger partial charge in [0.15, 0.2) is 0 Å². The number of benzene rings is 2. The van der Waals surface area contributed by atoms with E-state index in [1.54, 1.807) is 4.57 Å². The zero-order valence-electron chi connectivity index (χ0n) is 16.5. The van der Waals surface area contributed by atoms with E-state index in [1.807, 2.05) is 58.8 Å². The summed E-state index contributed by atoms with van der Waals surface area (Å²) in [6, 6.07) is 17.9. The first-order chi connectivity index (χ1) is 14.7. The van der Waals surface area contributed by atoms with Crippen molar-refractivity contribution in [3.8, 4) is 5.00 Å². The zero-order chi connectivity index (χ0) is 20.5. The van der Waals surface area contributed by atoms with Crippen molar-refractivity contribution in [1.29, 1.82) is 0 Å². The monoisotopic (exact) mass is 418 g/mol. The number of amides is 1. The van der Waals surface area contributed by atoms with Crippen LogP contribution >= 0.6 is 11.3 Å². The quantitative estimate of drug-likeness (QED) is 0.547. The minimum atomic E-state index is -0.198. The Labute approximate surface area is 177 Å². The number of fused-ring (bicyclic) bond motifs is 1.